The summed E-state index contributed by atoms with van der Waals surface area (Å²) in [5.74, 6) is 1.29. The molecule has 0 bridgehead atoms. The Bertz CT molecular complexity index is 879. The Morgan fingerprint density at radius 3 is 2.30 bits per heavy atom. The minimum absolute atomic E-state index is 0.0177. The van der Waals surface area contributed by atoms with Crippen LogP contribution in [-0.2, 0) is 9.59 Å². The first-order valence-electron chi connectivity index (χ1n) is 9.51. The maximum atomic E-state index is 12.0. The molecule has 8 nitrogen and oxygen atoms in total. The maximum absolute atomic E-state index is 12.0. The van der Waals surface area contributed by atoms with Crippen molar-refractivity contribution in [2.75, 3.05) is 19.5 Å². The molecule has 0 aliphatic rings. The van der Waals surface area contributed by atoms with Crippen LogP contribution in [0.5, 0.6) is 17.2 Å². The predicted molar refractivity (Wildman–Crippen MR) is 115 cm³/mol. The topological polar surface area (TPSA) is 98.2 Å². The first-order chi connectivity index (χ1) is 14.4. The van der Waals surface area contributed by atoms with E-state index in [0.29, 0.717) is 22.9 Å². The third-order valence-corrected chi connectivity index (χ3v) is 3.91. The quantitative estimate of drug-likeness (QED) is 0.460. The molecule has 0 atom stereocenters. The Labute approximate surface area is 176 Å². The van der Waals surface area contributed by atoms with E-state index in [4.69, 9.17) is 14.2 Å². The van der Waals surface area contributed by atoms with E-state index in [1.807, 2.05) is 13.8 Å². The second kappa shape index (κ2) is 11.5. The van der Waals surface area contributed by atoms with Crippen molar-refractivity contribution in [3.8, 4) is 17.2 Å². The molecular weight excluding hydrogens is 386 g/mol. The molecule has 2 rings (SSSR count). The molecule has 0 unspecified atom stereocenters. The molecule has 0 fully saturated rings. The summed E-state index contributed by atoms with van der Waals surface area (Å²) in [4.78, 5) is 23.9. The largest absolute Gasteiger partial charge is 0.497 e. The first kappa shape index (κ1) is 22.7. The summed E-state index contributed by atoms with van der Waals surface area (Å²) < 4.78 is 16.0. The van der Waals surface area contributed by atoms with Crippen LogP contribution in [0.2, 0.25) is 0 Å². The zero-order valence-corrected chi connectivity index (χ0v) is 17.6. The number of carbonyl (C=O) groups excluding carboxylic acids is 2. The van der Waals surface area contributed by atoms with Gasteiger partial charge in [-0.2, -0.15) is 5.10 Å². The molecule has 2 amide bonds. The minimum Gasteiger partial charge on any atom is -0.497 e. The molecule has 2 N–H and O–H groups in total. The van der Waals surface area contributed by atoms with Crippen LogP contribution in [0.1, 0.15) is 32.3 Å². The van der Waals surface area contributed by atoms with E-state index in [-0.39, 0.29) is 30.8 Å². The Hall–Kier alpha value is -3.55. The fraction of sp³-hybridized carbons (Fsp3) is 0.318. The summed E-state index contributed by atoms with van der Waals surface area (Å²) in [6.07, 6.45) is 1.59. The number of nitrogens with one attached hydrogen (secondary N) is 2. The highest BCUT2D eigenvalue weighted by atomic mass is 16.5. The number of methoxy groups -OCH3 is 2. The summed E-state index contributed by atoms with van der Waals surface area (Å²) >= 11 is 0. The number of hydrogen-bond donors (Lipinski definition) is 2. The molecule has 0 saturated heterocycles. The van der Waals surface area contributed by atoms with Gasteiger partial charge in [0.1, 0.15) is 5.75 Å². The normalized spacial score (nSPS) is 10.7. The van der Waals surface area contributed by atoms with Crippen LogP contribution in [0.25, 0.3) is 0 Å². The van der Waals surface area contributed by atoms with E-state index >= 15 is 0 Å². The number of benzene rings is 2. The van der Waals surface area contributed by atoms with Crippen LogP contribution >= 0.6 is 0 Å². The van der Waals surface area contributed by atoms with Crippen molar-refractivity contribution in [3.63, 3.8) is 0 Å². The number of hydrogen-bond acceptors (Lipinski definition) is 6. The Morgan fingerprint density at radius 2 is 1.67 bits per heavy atom. The fourth-order valence-corrected chi connectivity index (χ4v) is 2.48. The van der Waals surface area contributed by atoms with Crippen LogP contribution in [0.3, 0.4) is 0 Å². The van der Waals surface area contributed by atoms with Gasteiger partial charge in [0.05, 0.1) is 26.5 Å². The molecule has 0 aliphatic heterocycles. The van der Waals surface area contributed by atoms with Gasteiger partial charge in [-0.25, -0.2) is 5.43 Å². The van der Waals surface area contributed by atoms with Gasteiger partial charge in [-0.05, 0) is 61.9 Å². The van der Waals surface area contributed by atoms with Gasteiger partial charge < -0.3 is 19.5 Å². The van der Waals surface area contributed by atoms with Gasteiger partial charge in [0.25, 0.3) is 0 Å². The molecule has 0 saturated carbocycles. The lowest BCUT2D eigenvalue weighted by atomic mass is 10.2. The molecule has 0 heterocycles. The molecule has 0 aromatic heterocycles. The summed E-state index contributed by atoms with van der Waals surface area (Å²) in [5, 5.41) is 6.65. The van der Waals surface area contributed by atoms with Crippen molar-refractivity contribution < 1.29 is 23.8 Å². The van der Waals surface area contributed by atoms with Crippen molar-refractivity contribution >= 4 is 23.7 Å². The van der Waals surface area contributed by atoms with E-state index < -0.39 is 0 Å². The zero-order valence-electron chi connectivity index (χ0n) is 17.6. The van der Waals surface area contributed by atoms with E-state index in [1.165, 1.54) is 6.21 Å². The summed E-state index contributed by atoms with van der Waals surface area (Å²) in [5.41, 5.74) is 3.79. The summed E-state index contributed by atoms with van der Waals surface area (Å²) in [6.45, 7) is 3.86. The summed E-state index contributed by atoms with van der Waals surface area (Å²) in [6, 6.07) is 12.3. The average molecular weight is 413 g/mol. The minimum atomic E-state index is -0.358. The number of hydrazone groups is 1. The molecule has 160 valence electrons. The molecule has 0 radical (unpaired) electrons. The monoisotopic (exact) mass is 413 g/mol. The lowest BCUT2D eigenvalue weighted by Gasteiger charge is -2.13. The smallest absolute Gasteiger partial charge is 0.240 e. The number of nitrogens with zero attached hydrogens (tertiary/aromatic N) is 1. The Balaban J connectivity index is 1.79. The molecule has 30 heavy (non-hydrogen) atoms. The Morgan fingerprint density at radius 1 is 0.967 bits per heavy atom. The van der Waals surface area contributed by atoms with Crippen LogP contribution in [0, 0.1) is 0 Å². The van der Waals surface area contributed by atoms with E-state index in [0.717, 1.165) is 5.56 Å². The lowest BCUT2D eigenvalue weighted by molar-refractivity contribution is -0.124. The van der Waals surface area contributed by atoms with Gasteiger partial charge >= 0.3 is 0 Å². The third-order valence-electron chi connectivity index (χ3n) is 3.91. The SMILES string of the molecule is COc1ccc(NC(=O)CCC(=O)NN=Cc2ccc(OC(C)C)c(OC)c2)cc1. The second-order valence-electron chi connectivity index (χ2n) is 6.65. The van der Waals surface area contributed by atoms with Gasteiger partial charge in [-0.15, -0.1) is 0 Å². The number of carbonyl (C=O) groups is 2. The van der Waals surface area contributed by atoms with Crippen LogP contribution in [0.15, 0.2) is 47.6 Å². The number of ether oxygens (including phenoxy) is 3. The maximum Gasteiger partial charge on any atom is 0.240 e. The lowest BCUT2D eigenvalue weighted by Crippen LogP contribution is -2.20. The standard InChI is InChI=1S/C22H27N3O5/c1-15(2)30-19-10-5-16(13-20(19)29-4)14-23-25-22(27)12-11-21(26)24-17-6-8-18(28-3)9-7-17/h5-10,13-15H,11-12H2,1-4H3,(H,24,26)(H,25,27). The van der Waals surface area contributed by atoms with E-state index in [9.17, 15) is 9.59 Å². The van der Waals surface area contributed by atoms with Crippen LogP contribution < -0.4 is 25.0 Å². The molecule has 0 aliphatic carbocycles. The van der Waals surface area contributed by atoms with Gasteiger partial charge in [0.2, 0.25) is 11.8 Å². The van der Waals surface area contributed by atoms with E-state index in [1.54, 1.807) is 56.7 Å². The van der Waals surface area contributed by atoms with Crippen molar-refractivity contribution in [1.82, 2.24) is 5.43 Å². The van der Waals surface area contributed by atoms with Gasteiger partial charge in [-0.3, -0.25) is 9.59 Å². The molecule has 8 heteroatoms. The highest BCUT2D eigenvalue weighted by molar-refractivity contribution is 5.93. The highest BCUT2D eigenvalue weighted by Gasteiger charge is 2.08. The zero-order chi connectivity index (χ0) is 21.9. The van der Waals surface area contributed by atoms with Gasteiger partial charge in [0.15, 0.2) is 11.5 Å². The van der Waals surface area contributed by atoms with Crippen molar-refractivity contribution in [2.24, 2.45) is 5.10 Å². The number of amides is 2. The molecule has 2 aromatic rings. The highest BCUT2D eigenvalue weighted by Crippen LogP contribution is 2.28. The Kier molecular flexibility index (Phi) is 8.68. The molecule has 0 spiro atoms. The number of rotatable bonds is 10. The molecule has 2 aromatic carbocycles. The third kappa shape index (κ3) is 7.46. The predicted octanol–water partition coefficient (Wildman–Crippen LogP) is 3.36. The fourth-order valence-electron chi connectivity index (χ4n) is 2.48. The molecular formula is C22H27N3O5. The van der Waals surface area contributed by atoms with Gasteiger partial charge in [-0.1, -0.05) is 0 Å². The van der Waals surface area contributed by atoms with E-state index in [2.05, 4.69) is 15.8 Å². The van der Waals surface area contributed by atoms with Crippen molar-refractivity contribution in [3.05, 3.63) is 48.0 Å². The van der Waals surface area contributed by atoms with Crippen molar-refractivity contribution in [2.45, 2.75) is 32.8 Å². The van der Waals surface area contributed by atoms with Crippen LogP contribution in [0.4, 0.5) is 5.69 Å². The first-order valence-corrected chi connectivity index (χ1v) is 9.51. The average Bonchev–Trinajstić information content (AvgIpc) is 2.73. The number of anilines is 1. The van der Waals surface area contributed by atoms with Gasteiger partial charge in [0, 0.05) is 18.5 Å². The van der Waals surface area contributed by atoms with Crippen LogP contribution in [-0.4, -0.2) is 38.4 Å². The second-order valence-corrected chi connectivity index (χ2v) is 6.65. The summed E-state index contributed by atoms with van der Waals surface area (Å²) in [7, 11) is 3.13. The van der Waals surface area contributed by atoms with Crippen molar-refractivity contribution in [1.29, 1.82) is 0 Å².